The molecule has 1 fully saturated rings. The van der Waals surface area contributed by atoms with Crippen molar-refractivity contribution in [1.82, 2.24) is 10.6 Å². The highest BCUT2D eigenvalue weighted by Crippen LogP contribution is 2.15. The molecule has 98 valence electrons. The monoisotopic (exact) mass is 266 g/mol. The Morgan fingerprint density at radius 2 is 2.28 bits per heavy atom. The van der Waals surface area contributed by atoms with Crippen LogP contribution in [0.15, 0.2) is 24.3 Å². The van der Waals surface area contributed by atoms with Gasteiger partial charge in [-0.15, -0.1) is 0 Å². The lowest BCUT2D eigenvalue weighted by molar-refractivity contribution is -0.125. The first-order valence-electron chi connectivity index (χ1n) is 6.49. The highest BCUT2D eigenvalue weighted by atomic mass is 35.5. The molecule has 2 rings (SSSR count). The van der Waals surface area contributed by atoms with E-state index < -0.39 is 0 Å². The molecule has 0 spiro atoms. The first-order valence-corrected chi connectivity index (χ1v) is 6.87. The van der Waals surface area contributed by atoms with E-state index in [-0.39, 0.29) is 11.8 Å². The lowest BCUT2D eigenvalue weighted by atomic mass is 9.99. The van der Waals surface area contributed by atoms with Crippen molar-refractivity contribution in [1.29, 1.82) is 0 Å². The zero-order valence-corrected chi connectivity index (χ0v) is 11.2. The van der Waals surface area contributed by atoms with Gasteiger partial charge in [0, 0.05) is 18.1 Å². The summed E-state index contributed by atoms with van der Waals surface area (Å²) in [5, 5.41) is 7.01. The van der Waals surface area contributed by atoms with E-state index in [9.17, 15) is 4.79 Å². The van der Waals surface area contributed by atoms with Gasteiger partial charge in [-0.2, -0.15) is 0 Å². The van der Waals surface area contributed by atoms with Gasteiger partial charge in [0.1, 0.15) is 0 Å². The van der Waals surface area contributed by atoms with Gasteiger partial charge in [0.05, 0.1) is 5.92 Å². The van der Waals surface area contributed by atoms with Gasteiger partial charge in [-0.05, 0) is 37.4 Å². The van der Waals surface area contributed by atoms with Crippen LogP contribution in [0.25, 0.3) is 0 Å². The molecule has 1 aliphatic heterocycles. The van der Waals surface area contributed by atoms with Gasteiger partial charge in [-0.3, -0.25) is 4.79 Å². The van der Waals surface area contributed by atoms with Crippen LogP contribution in [0, 0.1) is 5.92 Å². The fourth-order valence-corrected chi connectivity index (χ4v) is 2.47. The van der Waals surface area contributed by atoms with E-state index in [1.165, 1.54) is 0 Å². The van der Waals surface area contributed by atoms with Gasteiger partial charge in [-0.25, -0.2) is 0 Å². The molecule has 1 aliphatic rings. The lowest BCUT2D eigenvalue weighted by Gasteiger charge is -2.21. The third kappa shape index (κ3) is 3.72. The smallest absolute Gasteiger partial charge is 0.224 e. The Bertz CT molecular complexity index is 403. The van der Waals surface area contributed by atoms with E-state index in [2.05, 4.69) is 10.6 Å². The molecule has 0 saturated carbocycles. The average Bonchev–Trinajstić information content (AvgIpc) is 2.42. The summed E-state index contributed by atoms with van der Waals surface area (Å²) in [6.45, 7) is 2.49. The number of piperidine rings is 1. The van der Waals surface area contributed by atoms with Gasteiger partial charge in [-0.1, -0.05) is 29.8 Å². The summed E-state index contributed by atoms with van der Waals surface area (Å²) in [6.07, 6.45) is 2.86. The summed E-state index contributed by atoms with van der Waals surface area (Å²) in [4.78, 5) is 11.9. The molecule has 0 bridgehead atoms. The second kappa shape index (κ2) is 6.76. The molecule has 3 nitrogen and oxygen atoms in total. The van der Waals surface area contributed by atoms with E-state index >= 15 is 0 Å². The second-order valence-corrected chi connectivity index (χ2v) is 5.08. The van der Waals surface area contributed by atoms with Crippen LogP contribution in [-0.4, -0.2) is 25.5 Å². The third-order valence-electron chi connectivity index (χ3n) is 3.32. The average molecular weight is 267 g/mol. The summed E-state index contributed by atoms with van der Waals surface area (Å²) < 4.78 is 0. The number of halogens is 1. The van der Waals surface area contributed by atoms with Crippen LogP contribution < -0.4 is 10.6 Å². The van der Waals surface area contributed by atoms with Crippen molar-refractivity contribution < 1.29 is 4.79 Å². The normalized spacial score (nSPS) is 19.5. The SMILES string of the molecule is O=C(NCCc1ccccc1Cl)C1CCCNC1. The number of rotatable bonds is 4. The Labute approximate surface area is 113 Å². The summed E-state index contributed by atoms with van der Waals surface area (Å²) in [6, 6.07) is 7.76. The van der Waals surface area contributed by atoms with Crippen LogP contribution in [0.5, 0.6) is 0 Å². The molecular weight excluding hydrogens is 248 g/mol. The van der Waals surface area contributed by atoms with Crippen molar-refractivity contribution in [2.24, 2.45) is 5.92 Å². The van der Waals surface area contributed by atoms with Gasteiger partial charge in [0.15, 0.2) is 0 Å². The van der Waals surface area contributed by atoms with Gasteiger partial charge >= 0.3 is 0 Å². The maximum atomic E-state index is 11.9. The Balaban J connectivity index is 1.75. The zero-order chi connectivity index (χ0) is 12.8. The quantitative estimate of drug-likeness (QED) is 0.875. The standard InChI is InChI=1S/C14H19ClN2O/c15-13-6-2-1-4-11(13)7-9-17-14(18)12-5-3-8-16-10-12/h1-2,4,6,12,16H,3,5,7-10H2,(H,17,18). The molecular formula is C14H19ClN2O. The minimum absolute atomic E-state index is 0.130. The van der Waals surface area contributed by atoms with Crippen LogP contribution in [0.1, 0.15) is 18.4 Å². The van der Waals surface area contributed by atoms with Crippen molar-refractivity contribution in [3.05, 3.63) is 34.9 Å². The Morgan fingerprint density at radius 1 is 1.44 bits per heavy atom. The maximum Gasteiger partial charge on any atom is 0.224 e. The minimum atomic E-state index is 0.130. The molecule has 1 unspecified atom stereocenters. The lowest BCUT2D eigenvalue weighted by Crippen LogP contribution is -2.41. The fourth-order valence-electron chi connectivity index (χ4n) is 2.24. The van der Waals surface area contributed by atoms with E-state index in [0.717, 1.165) is 42.9 Å². The van der Waals surface area contributed by atoms with Gasteiger partial charge < -0.3 is 10.6 Å². The minimum Gasteiger partial charge on any atom is -0.355 e. The largest absolute Gasteiger partial charge is 0.355 e. The van der Waals surface area contributed by atoms with E-state index in [4.69, 9.17) is 11.6 Å². The number of carbonyl (C=O) groups excluding carboxylic acids is 1. The number of hydrogen-bond acceptors (Lipinski definition) is 2. The molecule has 0 aromatic heterocycles. The van der Waals surface area contributed by atoms with Crippen molar-refractivity contribution in [2.75, 3.05) is 19.6 Å². The molecule has 1 aromatic carbocycles. The molecule has 0 aliphatic carbocycles. The number of nitrogens with one attached hydrogen (secondary N) is 2. The molecule has 1 saturated heterocycles. The molecule has 4 heteroatoms. The van der Waals surface area contributed by atoms with Crippen LogP contribution >= 0.6 is 11.6 Å². The van der Waals surface area contributed by atoms with Crippen LogP contribution in [0.4, 0.5) is 0 Å². The van der Waals surface area contributed by atoms with Crippen molar-refractivity contribution in [3.8, 4) is 0 Å². The fraction of sp³-hybridized carbons (Fsp3) is 0.500. The molecule has 18 heavy (non-hydrogen) atoms. The van der Waals surface area contributed by atoms with E-state index in [1.807, 2.05) is 24.3 Å². The van der Waals surface area contributed by atoms with Gasteiger partial charge in [0.25, 0.3) is 0 Å². The predicted molar refractivity (Wildman–Crippen MR) is 73.8 cm³/mol. The van der Waals surface area contributed by atoms with Crippen LogP contribution in [0.3, 0.4) is 0 Å². The highest BCUT2D eigenvalue weighted by Gasteiger charge is 2.20. The molecule has 1 heterocycles. The topological polar surface area (TPSA) is 41.1 Å². The molecule has 0 radical (unpaired) electrons. The summed E-state index contributed by atoms with van der Waals surface area (Å²) in [5.74, 6) is 0.291. The molecule has 2 N–H and O–H groups in total. The van der Waals surface area contributed by atoms with Gasteiger partial charge in [0.2, 0.25) is 5.91 Å². The Hall–Kier alpha value is -1.06. The van der Waals surface area contributed by atoms with Crippen LogP contribution in [-0.2, 0) is 11.2 Å². The highest BCUT2D eigenvalue weighted by molar-refractivity contribution is 6.31. The van der Waals surface area contributed by atoms with E-state index in [0.29, 0.717) is 6.54 Å². The predicted octanol–water partition coefficient (Wildman–Crippen LogP) is 2.00. The van der Waals surface area contributed by atoms with E-state index in [1.54, 1.807) is 0 Å². The molecule has 1 atom stereocenters. The maximum absolute atomic E-state index is 11.9. The van der Waals surface area contributed by atoms with Crippen molar-refractivity contribution in [3.63, 3.8) is 0 Å². The molecule has 1 aromatic rings. The Kier molecular flexibility index (Phi) is 5.02. The summed E-state index contributed by atoms with van der Waals surface area (Å²) in [5.41, 5.74) is 1.08. The van der Waals surface area contributed by atoms with Crippen LogP contribution in [0.2, 0.25) is 5.02 Å². The third-order valence-corrected chi connectivity index (χ3v) is 3.69. The Morgan fingerprint density at radius 3 is 3.00 bits per heavy atom. The number of hydrogen-bond donors (Lipinski definition) is 2. The number of amides is 1. The number of carbonyl (C=O) groups is 1. The first kappa shape index (κ1) is 13.4. The summed E-state index contributed by atoms with van der Waals surface area (Å²) in [7, 11) is 0. The van der Waals surface area contributed by atoms with Crippen molar-refractivity contribution >= 4 is 17.5 Å². The second-order valence-electron chi connectivity index (χ2n) is 4.68. The molecule has 1 amide bonds. The van der Waals surface area contributed by atoms with Crippen molar-refractivity contribution in [2.45, 2.75) is 19.3 Å². The first-order chi connectivity index (χ1) is 8.77. The number of benzene rings is 1. The summed E-state index contributed by atoms with van der Waals surface area (Å²) >= 11 is 6.07. The zero-order valence-electron chi connectivity index (χ0n) is 10.4.